The number of ether oxygens (including phenoxy) is 2. The normalized spacial score (nSPS) is 14.3. The number of thiazole rings is 1. The third-order valence-electron chi connectivity index (χ3n) is 5.22. The zero-order valence-corrected chi connectivity index (χ0v) is 18.6. The van der Waals surface area contributed by atoms with Crippen LogP contribution in [-0.2, 0) is 6.54 Å². The molecule has 31 heavy (non-hydrogen) atoms. The number of methoxy groups -OCH3 is 1. The van der Waals surface area contributed by atoms with Gasteiger partial charge in [-0.1, -0.05) is 0 Å². The second kappa shape index (κ2) is 9.77. The lowest BCUT2D eigenvalue weighted by Gasteiger charge is -2.35. The third-order valence-corrected chi connectivity index (χ3v) is 6.16. The van der Waals surface area contributed by atoms with Crippen LogP contribution in [0.15, 0.2) is 41.9 Å². The highest BCUT2D eigenvalue weighted by molar-refractivity contribution is 7.13. The molecule has 0 amide bonds. The van der Waals surface area contributed by atoms with E-state index in [1.54, 1.807) is 30.7 Å². The minimum Gasteiger partial charge on any atom is -0.493 e. The van der Waals surface area contributed by atoms with Crippen LogP contribution in [-0.4, -0.2) is 54.8 Å². The molecule has 160 valence electrons. The maximum atomic E-state index is 9.09. The first kappa shape index (κ1) is 21.1. The van der Waals surface area contributed by atoms with Crippen LogP contribution in [0.25, 0.3) is 10.6 Å². The summed E-state index contributed by atoms with van der Waals surface area (Å²) in [7, 11) is 1.65. The first-order valence-electron chi connectivity index (χ1n) is 10.3. The molecule has 4 rings (SSSR count). The van der Waals surface area contributed by atoms with Gasteiger partial charge in [-0.25, -0.2) is 9.97 Å². The Morgan fingerprint density at radius 2 is 1.97 bits per heavy atom. The van der Waals surface area contributed by atoms with E-state index in [2.05, 4.69) is 26.2 Å². The Morgan fingerprint density at radius 1 is 1.13 bits per heavy atom. The molecule has 7 nitrogen and oxygen atoms in total. The van der Waals surface area contributed by atoms with Crippen molar-refractivity contribution in [1.29, 1.82) is 5.26 Å². The molecule has 2 aromatic heterocycles. The number of piperazine rings is 1. The fourth-order valence-electron chi connectivity index (χ4n) is 3.61. The highest BCUT2D eigenvalue weighted by Crippen LogP contribution is 2.34. The number of nitriles is 1. The van der Waals surface area contributed by atoms with Crippen molar-refractivity contribution >= 4 is 17.2 Å². The van der Waals surface area contributed by atoms with Gasteiger partial charge in [0, 0.05) is 49.9 Å². The van der Waals surface area contributed by atoms with E-state index < -0.39 is 0 Å². The number of aromatic nitrogens is 2. The van der Waals surface area contributed by atoms with Crippen LogP contribution in [0.5, 0.6) is 11.5 Å². The van der Waals surface area contributed by atoms with Crippen molar-refractivity contribution in [2.75, 3.05) is 44.8 Å². The molecule has 0 spiro atoms. The SMILES string of the molecule is CCOc1ccc(-c2nc(CN3CCN(c4cc(C#N)ccn4)CC3)cs2)cc1OC. The van der Waals surface area contributed by atoms with E-state index in [1.807, 2.05) is 31.2 Å². The predicted molar refractivity (Wildman–Crippen MR) is 122 cm³/mol. The fraction of sp³-hybridized carbons (Fsp3) is 0.348. The van der Waals surface area contributed by atoms with Crippen molar-refractivity contribution in [1.82, 2.24) is 14.9 Å². The van der Waals surface area contributed by atoms with Gasteiger partial charge in [-0.3, -0.25) is 4.90 Å². The van der Waals surface area contributed by atoms with Crippen LogP contribution in [0.2, 0.25) is 0 Å². The highest BCUT2D eigenvalue weighted by atomic mass is 32.1. The smallest absolute Gasteiger partial charge is 0.161 e. The molecular formula is C23H25N5O2S. The van der Waals surface area contributed by atoms with Crippen molar-refractivity contribution in [3.8, 4) is 28.1 Å². The third kappa shape index (κ3) is 4.95. The van der Waals surface area contributed by atoms with Gasteiger partial charge in [0.2, 0.25) is 0 Å². The fourth-order valence-corrected chi connectivity index (χ4v) is 4.42. The molecular weight excluding hydrogens is 410 g/mol. The molecule has 1 aliphatic heterocycles. The number of pyridine rings is 1. The van der Waals surface area contributed by atoms with Crippen molar-refractivity contribution in [3.05, 3.63) is 53.2 Å². The van der Waals surface area contributed by atoms with E-state index in [0.717, 1.165) is 66.3 Å². The van der Waals surface area contributed by atoms with Crippen molar-refractivity contribution in [3.63, 3.8) is 0 Å². The highest BCUT2D eigenvalue weighted by Gasteiger charge is 2.19. The number of nitrogens with zero attached hydrogens (tertiary/aromatic N) is 5. The first-order chi connectivity index (χ1) is 15.2. The van der Waals surface area contributed by atoms with E-state index in [1.165, 1.54) is 0 Å². The van der Waals surface area contributed by atoms with E-state index in [-0.39, 0.29) is 0 Å². The molecule has 1 fully saturated rings. The van der Waals surface area contributed by atoms with Crippen LogP contribution >= 0.6 is 11.3 Å². The standard InChI is InChI=1S/C23H25N5O2S/c1-3-30-20-5-4-18(13-21(20)29-2)23-26-19(16-31-23)15-27-8-10-28(11-9-27)22-12-17(14-24)6-7-25-22/h4-7,12-13,16H,3,8-11,15H2,1-2H3. The Labute approximate surface area is 186 Å². The van der Waals surface area contributed by atoms with Gasteiger partial charge in [0.1, 0.15) is 10.8 Å². The Kier molecular flexibility index (Phi) is 6.65. The summed E-state index contributed by atoms with van der Waals surface area (Å²) >= 11 is 1.65. The summed E-state index contributed by atoms with van der Waals surface area (Å²) in [6, 6.07) is 11.7. The van der Waals surface area contributed by atoms with Gasteiger partial charge in [0.25, 0.3) is 0 Å². The van der Waals surface area contributed by atoms with Crippen LogP contribution in [0.4, 0.5) is 5.82 Å². The Balaban J connectivity index is 1.37. The summed E-state index contributed by atoms with van der Waals surface area (Å²) in [6.07, 6.45) is 1.70. The molecule has 0 N–H and O–H groups in total. The predicted octanol–water partition coefficient (Wildman–Crippen LogP) is 3.81. The van der Waals surface area contributed by atoms with E-state index in [0.29, 0.717) is 12.2 Å². The summed E-state index contributed by atoms with van der Waals surface area (Å²) in [5.74, 6) is 2.35. The van der Waals surface area contributed by atoms with Gasteiger partial charge in [0.05, 0.1) is 31.0 Å². The number of rotatable bonds is 7. The molecule has 1 saturated heterocycles. The quantitative estimate of drug-likeness (QED) is 0.559. The molecule has 3 heterocycles. The van der Waals surface area contributed by atoms with Crippen LogP contribution in [0.3, 0.4) is 0 Å². The number of benzene rings is 1. The second-order valence-corrected chi connectivity index (χ2v) is 8.08. The lowest BCUT2D eigenvalue weighted by molar-refractivity contribution is 0.247. The van der Waals surface area contributed by atoms with Crippen LogP contribution in [0, 0.1) is 11.3 Å². The zero-order chi connectivity index (χ0) is 21.6. The molecule has 1 aliphatic rings. The Bertz CT molecular complexity index is 1070. The van der Waals surface area contributed by atoms with Gasteiger partial charge in [-0.2, -0.15) is 5.26 Å². The van der Waals surface area contributed by atoms with Gasteiger partial charge in [-0.15, -0.1) is 11.3 Å². The summed E-state index contributed by atoms with van der Waals surface area (Å²) in [5.41, 5.74) is 2.75. The molecule has 1 aromatic carbocycles. The molecule has 3 aromatic rings. The zero-order valence-electron chi connectivity index (χ0n) is 17.7. The minimum atomic E-state index is 0.601. The van der Waals surface area contributed by atoms with Crippen molar-refractivity contribution in [2.24, 2.45) is 0 Å². The molecule has 0 radical (unpaired) electrons. The Morgan fingerprint density at radius 3 is 2.71 bits per heavy atom. The van der Waals surface area contributed by atoms with Gasteiger partial charge in [-0.05, 0) is 37.3 Å². The summed E-state index contributed by atoms with van der Waals surface area (Å²) in [4.78, 5) is 13.9. The first-order valence-corrected chi connectivity index (χ1v) is 11.2. The van der Waals surface area contributed by atoms with E-state index >= 15 is 0 Å². The van der Waals surface area contributed by atoms with Gasteiger partial charge in [0.15, 0.2) is 11.5 Å². The lowest BCUT2D eigenvalue weighted by Crippen LogP contribution is -2.46. The molecule has 0 saturated carbocycles. The van der Waals surface area contributed by atoms with E-state index in [9.17, 15) is 0 Å². The Hall–Kier alpha value is -3.15. The van der Waals surface area contributed by atoms with Crippen LogP contribution < -0.4 is 14.4 Å². The molecule has 0 bridgehead atoms. The second-order valence-electron chi connectivity index (χ2n) is 7.22. The van der Waals surface area contributed by atoms with Crippen molar-refractivity contribution < 1.29 is 9.47 Å². The lowest BCUT2D eigenvalue weighted by atomic mass is 10.2. The molecule has 0 aliphatic carbocycles. The summed E-state index contributed by atoms with van der Waals surface area (Å²) in [6.45, 7) is 7.02. The summed E-state index contributed by atoms with van der Waals surface area (Å²) in [5, 5.41) is 12.2. The van der Waals surface area contributed by atoms with Crippen molar-refractivity contribution in [2.45, 2.75) is 13.5 Å². The molecule has 0 unspecified atom stereocenters. The molecule has 8 heteroatoms. The average molecular weight is 436 g/mol. The number of anilines is 1. The summed E-state index contributed by atoms with van der Waals surface area (Å²) < 4.78 is 11.1. The number of hydrogen-bond acceptors (Lipinski definition) is 8. The maximum absolute atomic E-state index is 9.09. The number of hydrogen-bond donors (Lipinski definition) is 0. The van der Waals surface area contributed by atoms with Crippen LogP contribution in [0.1, 0.15) is 18.2 Å². The minimum absolute atomic E-state index is 0.601. The van der Waals surface area contributed by atoms with E-state index in [4.69, 9.17) is 19.7 Å². The van der Waals surface area contributed by atoms with Gasteiger partial charge >= 0.3 is 0 Å². The largest absolute Gasteiger partial charge is 0.493 e. The average Bonchev–Trinajstić information content (AvgIpc) is 3.28. The topological polar surface area (TPSA) is 74.5 Å². The molecule has 0 atom stereocenters. The van der Waals surface area contributed by atoms with Gasteiger partial charge < -0.3 is 14.4 Å². The maximum Gasteiger partial charge on any atom is 0.161 e. The monoisotopic (exact) mass is 435 g/mol.